The maximum atomic E-state index is 13.3. The third-order valence-corrected chi connectivity index (χ3v) is 6.44. The summed E-state index contributed by atoms with van der Waals surface area (Å²) in [5, 5.41) is 11.4. The van der Waals surface area contributed by atoms with E-state index in [1.807, 2.05) is 6.92 Å². The predicted octanol–water partition coefficient (Wildman–Crippen LogP) is 4.49. The number of methoxy groups -OCH3 is 1. The smallest absolute Gasteiger partial charge is 0.295 e. The summed E-state index contributed by atoms with van der Waals surface area (Å²) < 4.78 is 28.2. The van der Waals surface area contributed by atoms with E-state index in [0.717, 1.165) is 12.8 Å². The van der Waals surface area contributed by atoms with Crippen LogP contribution in [0.5, 0.6) is 23.0 Å². The Kier molecular flexibility index (Phi) is 9.12. The number of ketones is 1. The van der Waals surface area contributed by atoms with Crippen molar-refractivity contribution in [2.75, 3.05) is 46.7 Å². The number of ether oxygens (including phenoxy) is 5. The zero-order valence-corrected chi connectivity index (χ0v) is 22.2. The molecular weight excluding hydrogens is 490 g/mol. The monoisotopic (exact) mass is 525 g/mol. The topological polar surface area (TPSA) is 104 Å². The van der Waals surface area contributed by atoms with Crippen LogP contribution in [-0.2, 0) is 14.3 Å². The van der Waals surface area contributed by atoms with Crippen molar-refractivity contribution in [2.24, 2.45) is 0 Å². The lowest BCUT2D eigenvalue weighted by molar-refractivity contribution is -0.140. The Labute approximate surface area is 222 Å². The minimum atomic E-state index is -0.816. The van der Waals surface area contributed by atoms with Gasteiger partial charge in [-0.05, 0) is 55.7 Å². The number of nitrogens with zero attached hydrogens (tertiary/aromatic N) is 1. The molecule has 1 fully saturated rings. The lowest BCUT2D eigenvalue weighted by Crippen LogP contribution is -2.31. The Bertz CT molecular complexity index is 1190. The molecule has 0 radical (unpaired) electrons. The van der Waals surface area contributed by atoms with Crippen molar-refractivity contribution < 1.29 is 38.4 Å². The molecular formula is C29H35NO8. The lowest BCUT2D eigenvalue weighted by atomic mass is 9.94. The van der Waals surface area contributed by atoms with Crippen LogP contribution in [0.25, 0.3) is 5.76 Å². The summed E-state index contributed by atoms with van der Waals surface area (Å²) in [6, 6.07) is 9.51. The normalized spacial score (nSPS) is 18.1. The van der Waals surface area contributed by atoms with E-state index in [-0.39, 0.29) is 17.9 Å². The van der Waals surface area contributed by atoms with Gasteiger partial charge in [0.15, 0.2) is 23.0 Å². The van der Waals surface area contributed by atoms with Gasteiger partial charge in [0, 0.05) is 25.8 Å². The van der Waals surface area contributed by atoms with Gasteiger partial charge in [-0.3, -0.25) is 9.59 Å². The molecule has 2 aromatic carbocycles. The van der Waals surface area contributed by atoms with E-state index >= 15 is 0 Å². The number of aliphatic hydroxyl groups is 1. The molecule has 0 saturated carbocycles. The molecule has 1 atom stereocenters. The number of aliphatic hydroxyl groups excluding tert-OH is 1. The molecule has 2 aliphatic rings. The molecule has 0 spiro atoms. The second-order valence-electron chi connectivity index (χ2n) is 9.04. The van der Waals surface area contributed by atoms with E-state index in [4.69, 9.17) is 23.7 Å². The minimum absolute atomic E-state index is 0.00574. The second-order valence-corrected chi connectivity index (χ2v) is 9.04. The van der Waals surface area contributed by atoms with E-state index < -0.39 is 17.7 Å². The maximum Gasteiger partial charge on any atom is 0.295 e. The van der Waals surface area contributed by atoms with E-state index in [9.17, 15) is 14.7 Å². The van der Waals surface area contributed by atoms with Gasteiger partial charge in [-0.25, -0.2) is 0 Å². The summed E-state index contributed by atoms with van der Waals surface area (Å²) in [7, 11) is 1.58. The largest absolute Gasteiger partial charge is 0.507 e. The Balaban J connectivity index is 1.79. The molecule has 1 N–H and O–H groups in total. The second kappa shape index (κ2) is 12.7. The Morgan fingerprint density at radius 2 is 1.76 bits per heavy atom. The van der Waals surface area contributed by atoms with Gasteiger partial charge in [-0.2, -0.15) is 0 Å². The average molecular weight is 526 g/mol. The minimum Gasteiger partial charge on any atom is -0.507 e. The van der Waals surface area contributed by atoms with Crippen LogP contribution in [0, 0.1) is 0 Å². The van der Waals surface area contributed by atoms with Crippen LogP contribution in [-0.4, -0.2) is 68.4 Å². The number of carbonyl (C=O) groups is 2. The molecule has 0 aromatic heterocycles. The zero-order valence-electron chi connectivity index (χ0n) is 22.2. The highest BCUT2D eigenvalue weighted by molar-refractivity contribution is 6.46. The van der Waals surface area contributed by atoms with Crippen LogP contribution in [0.3, 0.4) is 0 Å². The van der Waals surface area contributed by atoms with E-state index in [2.05, 4.69) is 6.92 Å². The van der Waals surface area contributed by atoms with Crippen LogP contribution in [0.1, 0.15) is 50.3 Å². The van der Waals surface area contributed by atoms with Gasteiger partial charge in [0.1, 0.15) is 19.0 Å². The number of likely N-dealkylation sites (tertiary alicyclic amines) is 1. The van der Waals surface area contributed by atoms with Gasteiger partial charge in [0.05, 0.1) is 24.8 Å². The number of amides is 1. The van der Waals surface area contributed by atoms with E-state index in [1.54, 1.807) is 43.5 Å². The van der Waals surface area contributed by atoms with E-state index in [0.29, 0.717) is 73.6 Å². The Morgan fingerprint density at radius 1 is 0.974 bits per heavy atom. The molecule has 1 saturated heterocycles. The zero-order chi connectivity index (χ0) is 27.1. The highest BCUT2D eigenvalue weighted by atomic mass is 16.6. The van der Waals surface area contributed by atoms with Crippen LogP contribution >= 0.6 is 0 Å². The third kappa shape index (κ3) is 5.72. The number of hydrogen-bond donors (Lipinski definition) is 1. The molecule has 9 nitrogen and oxygen atoms in total. The van der Waals surface area contributed by atoms with Gasteiger partial charge in [0.2, 0.25) is 0 Å². The Morgan fingerprint density at radius 3 is 2.50 bits per heavy atom. The molecule has 4 rings (SSSR count). The van der Waals surface area contributed by atoms with Crippen molar-refractivity contribution in [3.8, 4) is 23.0 Å². The molecule has 204 valence electrons. The molecule has 0 bridgehead atoms. The quantitative estimate of drug-likeness (QED) is 0.187. The van der Waals surface area contributed by atoms with Gasteiger partial charge in [-0.1, -0.05) is 19.4 Å². The maximum absolute atomic E-state index is 13.3. The van der Waals surface area contributed by atoms with Gasteiger partial charge < -0.3 is 33.7 Å². The third-order valence-electron chi connectivity index (χ3n) is 6.44. The number of hydrogen-bond acceptors (Lipinski definition) is 8. The van der Waals surface area contributed by atoms with Crippen LogP contribution in [0.15, 0.2) is 42.0 Å². The first kappa shape index (κ1) is 27.3. The first-order chi connectivity index (χ1) is 18.5. The Hall–Kier alpha value is -3.72. The van der Waals surface area contributed by atoms with Crippen molar-refractivity contribution in [1.82, 2.24) is 4.90 Å². The van der Waals surface area contributed by atoms with Crippen LogP contribution in [0.4, 0.5) is 0 Å². The molecule has 2 aromatic rings. The first-order valence-electron chi connectivity index (χ1n) is 13.1. The summed E-state index contributed by atoms with van der Waals surface area (Å²) in [5.74, 6) is 0.436. The fraction of sp³-hybridized carbons (Fsp3) is 0.448. The number of benzene rings is 2. The summed E-state index contributed by atoms with van der Waals surface area (Å²) in [4.78, 5) is 28.0. The number of unbranched alkanes of at least 4 members (excludes halogenated alkanes) is 1. The van der Waals surface area contributed by atoms with Crippen LogP contribution < -0.4 is 18.9 Å². The molecule has 2 aliphatic heterocycles. The highest BCUT2D eigenvalue weighted by Crippen LogP contribution is 2.43. The SMILES string of the molecule is CCCCOc1ccc([C@H]2C(=C(O)c3ccc4c(c3)OCCO4)C(=O)C(=O)N2CCCOC)cc1OCC. The molecule has 38 heavy (non-hydrogen) atoms. The van der Waals surface area contributed by atoms with Gasteiger partial charge >= 0.3 is 0 Å². The van der Waals surface area contributed by atoms with E-state index in [1.165, 1.54) is 4.90 Å². The highest BCUT2D eigenvalue weighted by Gasteiger charge is 2.46. The number of fused-ring (bicyclic) bond motifs is 1. The van der Waals surface area contributed by atoms with Crippen molar-refractivity contribution in [2.45, 2.75) is 39.2 Å². The fourth-order valence-corrected chi connectivity index (χ4v) is 4.59. The van der Waals surface area contributed by atoms with Crippen molar-refractivity contribution in [1.29, 1.82) is 0 Å². The summed E-state index contributed by atoms with van der Waals surface area (Å²) >= 11 is 0. The molecule has 1 amide bonds. The molecule has 2 heterocycles. The first-order valence-corrected chi connectivity index (χ1v) is 13.1. The number of Topliss-reactive ketones (excluding diaryl/α,β-unsaturated/α-hetero) is 1. The summed E-state index contributed by atoms with van der Waals surface area (Å²) in [5.41, 5.74) is 0.997. The lowest BCUT2D eigenvalue weighted by Gasteiger charge is -2.26. The van der Waals surface area contributed by atoms with Crippen LogP contribution in [0.2, 0.25) is 0 Å². The molecule has 9 heteroatoms. The average Bonchev–Trinajstić information content (AvgIpc) is 3.18. The van der Waals surface area contributed by atoms with Crippen molar-refractivity contribution >= 4 is 17.4 Å². The molecule has 0 aliphatic carbocycles. The standard InChI is InChI=1S/C29H35NO8/c1-4-6-14-36-21-10-8-19(17-23(21)35-5-2)26-25(28(32)29(33)30(26)12-7-13-34-3)27(31)20-9-11-22-24(18-20)38-16-15-37-22/h8-11,17-18,26,31H,4-7,12-16H2,1-3H3/t26-/m0/s1. The fourth-order valence-electron chi connectivity index (χ4n) is 4.59. The van der Waals surface area contributed by atoms with Crippen molar-refractivity contribution in [3.05, 3.63) is 53.1 Å². The predicted molar refractivity (Wildman–Crippen MR) is 141 cm³/mol. The van der Waals surface area contributed by atoms with Gasteiger partial charge in [-0.15, -0.1) is 0 Å². The summed E-state index contributed by atoms with van der Waals surface area (Å²) in [6.45, 7) is 6.45. The number of carbonyl (C=O) groups excluding carboxylic acids is 2. The number of rotatable bonds is 12. The van der Waals surface area contributed by atoms with Gasteiger partial charge in [0.25, 0.3) is 11.7 Å². The van der Waals surface area contributed by atoms with Crippen molar-refractivity contribution in [3.63, 3.8) is 0 Å². The summed E-state index contributed by atoms with van der Waals surface area (Å²) in [6.07, 6.45) is 2.43. The molecule has 0 unspecified atom stereocenters.